The van der Waals surface area contributed by atoms with E-state index in [1.807, 2.05) is 18.2 Å². The molecule has 0 aromatic carbocycles. The van der Waals surface area contributed by atoms with E-state index in [1.165, 1.54) is 12.8 Å². The summed E-state index contributed by atoms with van der Waals surface area (Å²) in [5.41, 5.74) is 1.01. The summed E-state index contributed by atoms with van der Waals surface area (Å²) >= 11 is 0. The number of aryl methyl sites for hydroxylation is 1. The fourth-order valence-corrected chi connectivity index (χ4v) is 3.49. The Kier molecular flexibility index (Phi) is 4.31. The number of nitrogens with one attached hydrogen (secondary N) is 1. The largest absolute Gasteiger partial charge is 0.338 e. The molecule has 2 atom stereocenters. The van der Waals surface area contributed by atoms with E-state index in [4.69, 9.17) is 0 Å². The number of nitrogens with zero attached hydrogens (tertiary/aromatic N) is 2. The van der Waals surface area contributed by atoms with E-state index in [9.17, 15) is 4.79 Å². The minimum absolute atomic E-state index is 0.298. The number of hydrogen-bond donors (Lipinski definition) is 1. The Hall–Kier alpha value is -1.42. The molecule has 2 saturated heterocycles. The van der Waals surface area contributed by atoms with Gasteiger partial charge in [0.1, 0.15) is 0 Å². The smallest absolute Gasteiger partial charge is 0.223 e. The Balaban J connectivity index is 1.55. The Labute approximate surface area is 120 Å². The molecular weight excluding hydrogens is 250 g/mol. The number of amides is 1. The highest BCUT2D eigenvalue weighted by Crippen LogP contribution is 2.25. The first-order valence-electron chi connectivity index (χ1n) is 7.77. The van der Waals surface area contributed by atoms with E-state index in [2.05, 4.69) is 15.2 Å². The van der Waals surface area contributed by atoms with Crippen molar-refractivity contribution in [2.75, 3.05) is 13.1 Å². The second-order valence-electron chi connectivity index (χ2n) is 5.82. The summed E-state index contributed by atoms with van der Waals surface area (Å²) in [5.74, 6) is 0.298. The Morgan fingerprint density at radius 1 is 1.35 bits per heavy atom. The molecule has 2 unspecified atom stereocenters. The number of rotatable bonds is 4. The van der Waals surface area contributed by atoms with E-state index in [0.29, 0.717) is 24.4 Å². The van der Waals surface area contributed by atoms with Crippen molar-refractivity contribution in [2.24, 2.45) is 0 Å². The number of pyridine rings is 1. The van der Waals surface area contributed by atoms with Crippen molar-refractivity contribution in [2.45, 2.75) is 50.6 Å². The Bertz CT molecular complexity index is 442. The van der Waals surface area contributed by atoms with Crippen LogP contribution in [0.2, 0.25) is 0 Å². The van der Waals surface area contributed by atoms with Gasteiger partial charge >= 0.3 is 0 Å². The van der Waals surface area contributed by atoms with Gasteiger partial charge in [-0.15, -0.1) is 0 Å². The molecule has 1 amide bonds. The standard InChI is InChI=1S/C16H23N3O/c20-16(9-8-13-5-1-2-10-17-13)19-12-4-7-15(19)14-6-3-11-18-14/h1-2,5,10,14-15,18H,3-4,6-9,11-12H2. The number of aromatic nitrogens is 1. The molecule has 0 aliphatic carbocycles. The first-order valence-corrected chi connectivity index (χ1v) is 7.77. The Morgan fingerprint density at radius 2 is 2.30 bits per heavy atom. The van der Waals surface area contributed by atoms with Gasteiger partial charge < -0.3 is 10.2 Å². The fourth-order valence-electron chi connectivity index (χ4n) is 3.49. The SMILES string of the molecule is O=C(CCc1ccccn1)N1CCCC1C1CCCN1. The maximum atomic E-state index is 12.5. The van der Waals surface area contributed by atoms with Gasteiger partial charge in [-0.05, 0) is 50.8 Å². The van der Waals surface area contributed by atoms with Gasteiger partial charge in [-0.25, -0.2) is 0 Å². The van der Waals surface area contributed by atoms with Gasteiger partial charge in [-0.2, -0.15) is 0 Å². The van der Waals surface area contributed by atoms with Crippen LogP contribution in [0, 0.1) is 0 Å². The second kappa shape index (κ2) is 6.35. The van der Waals surface area contributed by atoms with Crippen molar-refractivity contribution in [1.82, 2.24) is 15.2 Å². The lowest BCUT2D eigenvalue weighted by molar-refractivity contribution is -0.132. The number of hydrogen-bond acceptors (Lipinski definition) is 3. The number of carbonyl (C=O) groups is 1. The summed E-state index contributed by atoms with van der Waals surface area (Å²) < 4.78 is 0. The number of carbonyl (C=O) groups excluding carboxylic acids is 1. The highest BCUT2D eigenvalue weighted by molar-refractivity contribution is 5.77. The van der Waals surface area contributed by atoms with Crippen LogP contribution in [-0.2, 0) is 11.2 Å². The zero-order valence-electron chi connectivity index (χ0n) is 11.9. The molecule has 1 aromatic heterocycles. The van der Waals surface area contributed by atoms with Crippen molar-refractivity contribution in [1.29, 1.82) is 0 Å². The third kappa shape index (κ3) is 3.01. The minimum atomic E-state index is 0.298. The molecule has 2 aliphatic heterocycles. The summed E-state index contributed by atoms with van der Waals surface area (Å²) in [6, 6.07) is 6.83. The van der Waals surface area contributed by atoms with E-state index in [-0.39, 0.29) is 0 Å². The van der Waals surface area contributed by atoms with Crippen LogP contribution in [0.15, 0.2) is 24.4 Å². The lowest BCUT2D eigenvalue weighted by Gasteiger charge is -2.29. The first-order chi connectivity index (χ1) is 9.84. The van der Waals surface area contributed by atoms with Crippen LogP contribution in [0.1, 0.15) is 37.8 Å². The molecule has 4 heteroatoms. The van der Waals surface area contributed by atoms with Crippen LogP contribution < -0.4 is 5.32 Å². The summed E-state index contributed by atoms with van der Waals surface area (Å²) in [6.45, 7) is 2.04. The quantitative estimate of drug-likeness (QED) is 0.909. The molecule has 3 rings (SSSR count). The molecule has 3 heterocycles. The molecule has 108 valence electrons. The molecule has 0 radical (unpaired) electrons. The maximum absolute atomic E-state index is 12.5. The van der Waals surface area contributed by atoms with Crippen molar-refractivity contribution >= 4 is 5.91 Å². The highest BCUT2D eigenvalue weighted by Gasteiger charge is 2.35. The summed E-state index contributed by atoms with van der Waals surface area (Å²) in [5, 5.41) is 3.55. The van der Waals surface area contributed by atoms with Crippen molar-refractivity contribution in [3.05, 3.63) is 30.1 Å². The molecule has 4 nitrogen and oxygen atoms in total. The molecule has 20 heavy (non-hydrogen) atoms. The van der Waals surface area contributed by atoms with Gasteiger partial charge in [0.05, 0.1) is 0 Å². The van der Waals surface area contributed by atoms with Crippen molar-refractivity contribution in [3.8, 4) is 0 Å². The normalized spacial score (nSPS) is 26.1. The average Bonchev–Trinajstić information content (AvgIpc) is 3.15. The zero-order valence-corrected chi connectivity index (χ0v) is 11.9. The molecule has 0 spiro atoms. The van der Waals surface area contributed by atoms with Crippen LogP contribution in [0.5, 0.6) is 0 Å². The average molecular weight is 273 g/mol. The maximum Gasteiger partial charge on any atom is 0.223 e. The van der Waals surface area contributed by atoms with Crippen LogP contribution >= 0.6 is 0 Å². The summed E-state index contributed by atoms with van der Waals surface area (Å²) in [4.78, 5) is 18.9. The van der Waals surface area contributed by atoms with Crippen molar-refractivity contribution < 1.29 is 4.79 Å². The lowest BCUT2D eigenvalue weighted by Crippen LogP contribution is -2.46. The monoisotopic (exact) mass is 273 g/mol. The molecule has 2 fully saturated rings. The number of likely N-dealkylation sites (tertiary alicyclic amines) is 1. The highest BCUT2D eigenvalue weighted by atomic mass is 16.2. The van der Waals surface area contributed by atoms with Crippen LogP contribution in [0.25, 0.3) is 0 Å². The van der Waals surface area contributed by atoms with Crippen LogP contribution in [0.4, 0.5) is 0 Å². The predicted molar refractivity (Wildman–Crippen MR) is 78.3 cm³/mol. The van der Waals surface area contributed by atoms with Gasteiger partial charge in [0, 0.05) is 36.9 Å². The lowest BCUT2D eigenvalue weighted by atomic mass is 10.0. The summed E-state index contributed by atoms with van der Waals surface area (Å²) in [6.07, 6.45) is 7.90. The summed E-state index contributed by atoms with van der Waals surface area (Å²) in [7, 11) is 0. The van der Waals surface area contributed by atoms with Gasteiger partial charge in [-0.1, -0.05) is 6.07 Å². The first kappa shape index (κ1) is 13.6. The fraction of sp³-hybridized carbons (Fsp3) is 0.625. The molecule has 2 aliphatic rings. The molecule has 1 N–H and O–H groups in total. The third-order valence-corrected chi connectivity index (χ3v) is 4.50. The van der Waals surface area contributed by atoms with Gasteiger partial charge in [0.25, 0.3) is 0 Å². The molecular formula is C16H23N3O. The van der Waals surface area contributed by atoms with E-state index < -0.39 is 0 Å². The predicted octanol–water partition coefficient (Wildman–Crippen LogP) is 1.76. The molecule has 0 bridgehead atoms. The minimum Gasteiger partial charge on any atom is -0.338 e. The van der Waals surface area contributed by atoms with Crippen LogP contribution in [0.3, 0.4) is 0 Å². The van der Waals surface area contributed by atoms with Gasteiger partial charge in [0.2, 0.25) is 5.91 Å². The van der Waals surface area contributed by atoms with E-state index in [1.54, 1.807) is 6.20 Å². The Morgan fingerprint density at radius 3 is 3.05 bits per heavy atom. The van der Waals surface area contributed by atoms with Crippen LogP contribution in [-0.4, -0.2) is 41.0 Å². The topological polar surface area (TPSA) is 45.2 Å². The second-order valence-corrected chi connectivity index (χ2v) is 5.82. The van der Waals surface area contributed by atoms with Crippen molar-refractivity contribution in [3.63, 3.8) is 0 Å². The third-order valence-electron chi connectivity index (χ3n) is 4.50. The van der Waals surface area contributed by atoms with Gasteiger partial charge in [0.15, 0.2) is 0 Å². The van der Waals surface area contributed by atoms with E-state index >= 15 is 0 Å². The van der Waals surface area contributed by atoms with E-state index in [0.717, 1.165) is 38.0 Å². The van der Waals surface area contributed by atoms with Gasteiger partial charge in [-0.3, -0.25) is 9.78 Å². The molecule has 1 aromatic rings. The molecule has 0 saturated carbocycles. The zero-order chi connectivity index (χ0) is 13.8.